The third-order valence-corrected chi connectivity index (χ3v) is 15.5. The summed E-state index contributed by atoms with van der Waals surface area (Å²) in [4.78, 5) is 30.7. The Labute approximate surface area is 460 Å². The first-order chi connectivity index (χ1) is 36.6. The van der Waals surface area contributed by atoms with Crippen molar-refractivity contribution in [1.29, 1.82) is 0 Å². The van der Waals surface area contributed by atoms with Crippen LogP contribution >= 0.6 is 46.4 Å². The molecule has 10 N–H and O–H groups in total. The fourth-order valence-electron chi connectivity index (χ4n) is 7.56. The molecule has 0 bridgehead atoms. The molecule has 4 heterocycles. The number of halogens is 4. The van der Waals surface area contributed by atoms with Gasteiger partial charge in [-0.2, -0.15) is 63.6 Å². The van der Waals surface area contributed by atoms with Crippen molar-refractivity contribution >= 4 is 150 Å². The van der Waals surface area contributed by atoms with Crippen molar-refractivity contribution in [2.24, 2.45) is 4.99 Å². The van der Waals surface area contributed by atoms with Crippen molar-refractivity contribution in [3.05, 3.63) is 98.8 Å². The number of anilines is 9. The van der Waals surface area contributed by atoms with Crippen molar-refractivity contribution in [3.8, 4) is 23.0 Å². The highest BCUT2D eigenvalue weighted by atomic mass is 35.5. The Bertz CT molecular complexity index is 4280. The molecule has 2 aromatic heterocycles. The molecule has 2 unspecified atom stereocenters. The molecule has 78 heavy (non-hydrogen) atoms. The smallest absolute Gasteiger partial charge is 0.300 e. The summed E-state index contributed by atoms with van der Waals surface area (Å²) in [5, 5.41) is 15.5. The van der Waals surface area contributed by atoms with E-state index in [1.807, 2.05) is 0 Å². The lowest BCUT2D eigenvalue weighted by molar-refractivity contribution is 0.449. The van der Waals surface area contributed by atoms with Crippen molar-refractivity contribution < 1.29 is 61.0 Å². The third kappa shape index (κ3) is 12.0. The lowest BCUT2D eigenvalue weighted by atomic mass is 10.1. The average molecular weight is 1230 g/mol. The summed E-state index contributed by atoms with van der Waals surface area (Å²) in [5.41, 5.74) is -1.16. The molecule has 0 amide bonds. The lowest BCUT2D eigenvalue weighted by Crippen LogP contribution is -2.27. The fourth-order valence-corrected chi connectivity index (χ4v) is 11.3. The van der Waals surface area contributed by atoms with Crippen LogP contribution in [0.3, 0.4) is 0 Å². The largest absolute Gasteiger partial charge is 0.450 e. The lowest BCUT2D eigenvalue weighted by Gasteiger charge is -2.27. The molecule has 6 aromatic rings. The van der Waals surface area contributed by atoms with E-state index < -0.39 is 83.6 Å². The van der Waals surface area contributed by atoms with Gasteiger partial charge in [0.15, 0.2) is 32.6 Å². The highest BCUT2D eigenvalue weighted by Gasteiger charge is 2.35. The van der Waals surface area contributed by atoms with E-state index in [0.717, 1.165) is 12.1 Å². The SMILES string of the molecule is CC(CN=c1ccc2nc3c(Cl)c4c(c(Cl)c3oc-2c1S(=O)(=O)O)Nc1ccc(NCC(C)Nc2nc(Cl)nc(Nc3ccccc3S(=O)(=O)O)n2)c(S(=O)(=O)O)c1O4)Nc1nc(Cl)nc(Nc2ccccc2S(=O)(=O)O)n1. The van der Waals surface area contributed by atoms with E-state index in [0.29, 0.717) is 0 Å². The molecule has 28 nitrogen and oxygen atoms in total. The molecule has 0 fully saturated rings. The van der Waals surface area contributed by atoms with Gasteiger partial charge in [-0.15, -0.1) is 0 Å². The summed E-state index contributed by atoms with van der Waals surface area (Å²) in [6, 6.07) is 14.7. The predicted molar refractivity (Wildman–Crippen MR) is 284 cm³/mol. The van der Waals surface area contributed by atoms with E-state index >= 15 is 0 Å². The fraction of sp³-hybridized carbons (Fsp3) is 0.143. The van der Waals surface area contributed by atoms with Crippen LogP contribution in [0.15, 0.2) is 102 Å². The van der Waals surface area contributed by atoms with Crippen LogP contribution in [-0.2, 0) is 40.5 Å². The Balaban J connectivity index is 0.966. The van der Waals surface area contributed by atoms with Crippen LogP contribution in [0, 0.1) is 0 Å². The molecule has 3 aliphatic rings. The first kappa shape index (κ1) is 55.7. The first-order valence-electron chi connectivity index (χ1n) is 21.8. The number of rotatable bonds is 17. The predicted octanol–water partition coefficient (Wildman–Crippen LogP) is 7.55. The maximum atomic E-state index is 13.1. The van der Waals surface area contributed by atoms with Crippen molar-refractivity contribution in [2.75, 3.05) is 45.0 Å². The van der Waals surface area contributed by atoms with Crippen LogP contribution in [-0.4, -0.2) is 112 Å². The number of hydrogen-bond donors (Lipinski definition) is 10. The Hall–Kier alpha value is -7.08. The zero-order valence-corrected chi connectivity index (χ0v) is 45.4. The highest BCUT2D eigenvalue weighted by Crippen LogP contribution is 2.55. The second-order valence-corrected chi connectivity index (χ2v) is 23.4. The summed E-state index contributed by atoms with van der Waals surface area (Å²) < 4.78 is 153. The van der Waals surface area contributed by atoms with Gasteiger partial charge in [-0.1, -0.05) is 47.5 Å². The summed E-state index contributed by atoms with van der Waals surface area (Å²) in [5.74, 6) is -1.85. The Morgan fingerprint density at radius 1 is 0.590 bits per heavy atom. The van der Waals surface area contributed by atoms with Crippen LogP contribution < -0.4 is 42.0 Å². The van der Waals surface area contributed by atoms with Crippen LogP contribution in [0.4, 0.5) is 52.2 Å². The van der Waals surface area contributed by atoms with Crippen LogP contribution in [0.25, 0.3) is 22.6 Å². The van der Waals surface area contributed by atoms with Crippen molar-refractivity contribution in [2.45, 2.75) is 45.5 Å². The number of nitrogens with zero attached hydrogens (tertiary/aromatic N) is 8. The normalized spacial score (nSPS) is 13.7. The standard InChI is InChI=1S/C42H34Cl4N14O14S4/c1-17(49-39-55-37(45)57-41(59-39)53-19-7-3-5-9-25(19)75(61,62)63)15-47-23-13-11-21-31(35(23)77(67,68)69)73-33-27(43)30-34(28(44)29(33)51-21)74-32-22(52-30)12-14-24(36(32)78(70,71)72)48-16-18(2)50-40-56-38(46)58-42(60-40)54-20-8-4-6-10-26(20)76(64,65)66/h3-14,17-18,47,51H,15-16H2,1-2H3,(H,61,62,63)(H,64,65,66)(H,67,68,69)(H,70,71,72)(H2,49,53,55,57,59)(H2,50,54,56,58,60). The zero-order chi connectivity index (χ0) is 56.2. The van der Waals surface area contributed by atoms with Gasteiger partial charge in [-0.25, -0.2) is 4.98 Å². The van der Waals surface area contributed by atoms with Crippen LogP contribution in [0.2, 0.25) is 20.6 Å². The van der Waals surface area contributed by atoms with Gasteiger partial charge in [-0.05, 0) is 85.6 Å². The number of aromatic nitrogens is 7. The van der Waals surface area contributed by atoms with Gasteiger partial charge < -0.3 is 41.1 Å². The Morgan fingerprint density at radius 3 is 1.68 bits per heavy atom. The number of ether oxygens (including phenoxy) is 1. The molecule has 2 aliphatic heterocycles. The van der Waals surface area contributed by atoms with E-state index in [1.54, 1.807) is 13.8 Å². The minimum Gasteiger partial charge on any atom is -0.450 e. The molecule has 0 radical (unpaired) electrons. The summed E-state index contributed by atoms with van der Waals surface area (Å²) >= 11 is 26.0. The molecule has 4 aromatic carbocycles. The second-order valence-electron chi connectivity index (χ2n) is 16.5. The van der Waals surface area contributed by atoms with Crippen molar-refractivity contribution in [3.63, 3.8) is 0 Å². The molecule has 9 rings (SSSR count). The molecule has 0 spiro atoms. The number of hydrogen-bond acceptors (Lipinski definition) is 24. The van der Waals surface area contributed by atoms with E-state index in [1.165, 1.54) is 60.7 Å². The van der Waals surface area contributed by atoms with Crippen molar-refractivity contribution in [1.82, 2.24) is 34.9 Å². The highest BCUT2D eigenvalue weighted by molar-refractivity contribution is 7.86. The number of benzene rings is 5. The first-order valence-corrected chi connectivity index (χ1v) is 29.0. The van der Waals surface area contributed by atoms with Gasteiger partial charge in [-0.3, -0.25) is 23.2 Å². The maximum absolute atomic E-state index is 13.1. The van der Waals surface area contributed by atoms with Gasteiger partial charge >= 0.3 is 10.1 Å². The molecule has 0 saturated heterocycles. The second kappa shape index (κ2) is 21.3. The van der Waals surface area contributed by atoms with Gasteiger partial charge in [0.1, 0.15) is 36.7 Å². The van der Waals surface area contributed by atoms with Crippen LogP contribution in [0.1, 0.15) is 13.8 Å². The Morgan fingerprint density at radius 2 is 1.13 bits per heavy atom. The van der Waals surface area contributed by atoms with Crippen LogP contribution in [0.5, 0.6) is 11.5 Å². The van der Waals surface area contributed by atoms with Gasteiger partial charge in [0, 0.05) is 18.6 Å². The van der Waals surface area contributed by atoms with E-state index in [4.69, 9.17) is 55.6 Å². The summed E-state index contributed by atoms with van der Waals surface area (Å²) in [6.45, 7) is 2.97. The van der Waals surface area contributed by atoms with Gasteiger partial charge in [0.25, 0.3) is 30.4 Å². The molecule has 36 heteroatoms. The monoisotopic (exact) mass is 1230 g/mol. The Kier molecular flexibility index (Phi) is 15.2. The number of para-hydroxylation sites is 2. The molecule has 2 atom stereocenters. The minimum absolute atomic E-state index is 0.0508. The number of nitrogens with one attached hydrogen (secondary N) is 6. The molecular formula is C42H34Cl4N14O14S4. The number of fused-ring (bicyclic) bond motifs is 4. The molecular weight excluding hydrogens is 1190 g/mol. The van der Waals surface area contributed by atoms with E-state index in [2.05, 4.69) is 71.8 Å². The molecule has 408 valence electrons. The third-order valence-electron chi connectivity index (χ3n) is 10.8. The minimum atomic E-state index is -5.15. The summed E-state index contributed by atoms with van der Waals surface area (Å²) in [7, 11) is -19.5. The molecule has 1 aliphatic carbocycles. The van der Waals surface area contributed by atoms with E-state index in [-0.39, 0.29) is 114 Å². The topological polar surface area (TPSA) is 415 Å². The molecule has 0 saturated carbocycles. The zero-order valence-electron chi connectivity index (χ0n) is 39.1. The summed E-state index contributed by atoms with van der Waals surface area (Å²) in [6.07, 6.45) is 0. The maximum Gasteiger partial charge on any atom is 0.300 e. The average Bonchev–Trinajstić information content (AvgIpc) is 3.45. The van der Waals surface area contributed by atoms with Gasteiger partial charge in [0.2, 0.25) is 34.4 Å². The van der Waals surface area contributed by atoms with E-state index in [9.17, 15) is 51.9 Å². The quantitative estimate of drug-likeness (QED) is 0.0310. The van der Waals surface area contributed by atoms with Gasteiger partial charge in [0.05, 0.1) is 34.7 Å².